The Morgan fingerprint density at radius 1 is 0.443 bits per heavy atom. The summed E-state index contributed by atoms with van der Waals surface area (Å²) in [5.74, 6) is -22.1. The van der Waals surface area contributed by atoms with Crippen LogP contribution in [-0.2, 0) is 107 Å². The minimum atomic E-state index is -2.09. The molecule has 0 unspecified atom stereocenters. The Labute approximate surface area is 819 Å². The highest BCUT2D eigenvalue weighted by Crippen LogP contribution is 2.29. The van der Waals surface area contributed by atoms with Crippen molar-refractivity contribution in [2.24, 2.45) is 40.9 Å². The number of carboxylic acids is 2. The highest BCUT2D eigenvalue weighted by atomic mass is 32.2. The van der Waals surface area contributed by atoms with Gasteiger partial charge in [0.1, 0.15) is 90.6 Å². The van der Waals surface area contributed by atoms with Crippen LogP contribution < -0.4 is 97.0 Å². The van der Waals surface area contributed by atoms with E-state index in [2.05, 4.69) is 84.7 Å². The molecule has 24 N–H and O–H groups in total. The number of primary amides is 1. The predicted molar refractivity (Wildman–Crippen MR) is 522 cm³/mol. The van der Waals surface area contributed by atoms with Crippen molar-refractivity contribution in [3.05, 3.63) is 161 Å². The Kier molecular flexibility index (Phi) is 46.5. The van der Waals surface area contributed by atoms with Crippen molar-refractivity contribution < 1.29 is 102 Å². The zero-order valence-corrected chi connectivity index (χ0v) is 81.8. The number of thioether (sulfide) groups is 1. The van der Waals surface area contributed by atoms with Crippen molar-refractivity contribution >= 4 is 118 Å². The third-order valence-corrected chi connectivity index (χ3v) is 25.1. The molecule has 1 aromatic heterocycles. The molecule has 1 saturated heterocycles. The number of carbonyl (C=O) groups is 18. The van der Waals surface area contributed by atoms with Gasteiger partial charge in [0.25, 0.3) is 0 Å². The second kappa shape index (κ2) is 57.3. The molecule has 762 valence electrons. The van der Waals surface area contributed by atoms with Gasteiger partial charge in [0.05, 0.1) is 23.8 Å². The van der Waals surface area contributed by atoms with E-state index in [1.165, 1.54) is 55.7 Å². The number of unbranched alkanes of at least 4 members (excludes halogenated alkanes) is 1. The summed E-state index contributed by atoms with van der Waals surface area (Å²) < 4.78 is 0. The SMILES string of the molecule is CCCC[C@@H]1NC(=O)[C@H](Cc2ccc(-c3ccccc3)cc2)NC(=O)[C@H](C(C)C)NC(=O)[C@H](Cc2cccc(C)c2)NC(=O)[C@H](CC(=O)O)NC(=O)[C@H](Cc2ccc(C(=O)O)cc2)NC(=O)[C@H](Cc2ccncc2)NC(=O)CSC[C@@H](C(=O)N[C@@H](C)C(N)=O)NC(=O)[C@H]([C@@H](C)O)NC(=O)[C@H](C(C)C)NC(=O)[C@H](CC2CCCCC2)NC(=O)[C@H](CCN)NC(=O)[C@@H](CC(C)C)NC(=O)[C@H](CCCN)NC1=O. The normalized spacial score (nSPS) is 23.8. The van der Waals surface area contributed by atoms with Crippen LogP contribution >= 0.6 is 11.8 Å². The number of amides is 16. The molecular weight excluding hydrogens is 1820 g/mol. The van der Waals surface area contributed by atoms with Crippen LogP contribution in [0.1, 0.15) is 190 Å². The van der Waals surface area contributed by atoms with Crippen molar-refractivity contribution in [1.29, 1.82) is 0 Å². The van der Waals surface area contributed by atoms with Gasteiger partial charge in [-0.3, -0.25) is 86.5 Å². The number of benzene rings is 4. The molecule has 16 atom stereocenters. The molecule has 1 aliphatic heterocycles. The first kappa shape index (κ1) is 114. The van der Waals surface area contributed by atoms with Crippen LogP contribution in [0.2, 0.25) is 0 Å². The monoisotopic (exact) mass is 1960 g/mol. The number of hydrogen-bond acceptors (Lipinski definition) is 23. The lowest BCUT2D eigenvalue weighted by atomic mass is 9.84. The number of aliphatic hydroxyl groups excluding tert-OH is 1. The summed E-state index contributed by atoms with van der Waals surface area (Å²) >= 11 is 0.699. The molecule has 4 aromatic carbocycles. The minimum Gasteiger partial charge on any atom is -0.481 e. The lowest BCUT2D eigenvalue weighted by molar-refractivity contribution is -0.141. The average molecular weight is 1960 g/mol. The van der Waals surface area contributed by atoms with Crippen LogP contribution in [0, 0.1) is 30.6 Å². The number of carboxylic acid groups (broad SMARTS) is 2. The van der Waals surface area contributed by atoms with Gasteiger partial charge in [-0.1, -0.05) is 190 Å². The molecule has 2 heterocycles. The zero-order chi connectivity index (χ0) is 103. The Morgan fingerprint density at radius 3 is 1.37 bits per heavy atom. The molecule has 7 rings (SSSR count). The van der Waals surface area contributed by atoms with Gasteiger partial charge in [0.2, 0.25) is 94.5 Å². The Bertz CT molecular complexity index is 5050. The first-order valence-corrected chi connectivity index (χ1v) is 48.8. The summed E-state index contributed by atoms with van der Waals surface area (Å²) in [4.78, 5) is 266. The topological polar surface area (TPSA) is 639 Å². The number of aliphatic carboxylic acids is 1. The summed E-state index contributed by atoms with van der Waals surface area (Å²) in [7, 11) is 0. The number of pyridine rings is 1. The van der Waals surface area contributed by atoms with Crippen molar-refractivity contribution in [2.45, 2.75) is 282 Å². The van der Waals surface area contributed by atoms with Crippen LogP contribution in [0.3, 0.4) is 0 Å². The van der Waals surface area contributed by atoms with Crippen LogP contribution in [0.25, 0.3) is 11.1 Å². The van der Waals surface area contributed by atoms with Crippen molar-refractivity contribution in [2.75, 3.05) is 24.6 Å². The highest BCUT2D eigenvalue weighted by Gasteiger charge is 2.42. The van der Waals surface area contributed by atoms with Crippen molar-refractivity contribution in [3.63, 3.8) is 0 Å². The van der Waals surface area contributed by atoms with Gasteiger partial charge < -0.3 is 112 Å². The molecule has 2 fully saturated rings. The van der Waals surface area contributed by atoms with Gasteiger partial charge in [0.15, 0.2) is 0 Å². The highest BCUT2D eigenvalue weighted by molar-refractivity contribution is 8.00. The Hall–Kier alpha value is -13.3. The molecule has 41 heteroatoms. The average Bonchev–Trinajstić information content (AvgIpc) is 0.838. The number of carbonyl (C=O) groups excluding carboxylic acids is 16. The third kappa shape index (κ3) is 37.5. The second-order valence-corrected chi connectivity index (χ2v) is 37.9. The minimum absolute atomic E-state index is 0.0195. The van der Waals surface area contributed by atoms with E-state index in [1.807, 2.05) is 49.4 Å². The first-order chi connectivity index (χ1) is 66.5. The number of nitrogens with one attached hydrogen (secondary N) is 15. The molecule has 0 radical (unpaired) electrons. The molecule has 140 heavy (non-hydrogen) atoms. The van der Waals surface area contributed by atoms with E-state index < -0.39 is 239 Å². The predicted octanol–water partition coefficient (Wildman–Crippen LogP) is 1.01. The van der Waals surface area contributed by atoms with Crippen LogP contribution in [0.15, 0.2) is 128 Å². The molecule has 2 aliphatic rings. The lowest BCUT2D eigenvalue weighted by Crippen LogP contribution is -2.63. The van der Waals surface area contributed by atoms with E-state index in [-0.39, 0.29) is 93.8 Å². The van der Waals surface area contributed by atoms with E-state index in [0.29, 0.717) is 59.7 Å². The number of aromatic carboxylic acids is 1. The van der Waals surface area contributed by atoms with Crippen LogP contribution in [0.4, 0.5) is 0 Å². The largest absolute Gasteiger partial charge is 0.481 e. The number of aromatic nitrogens is 1. The maximum absolute atomic E-state index is 15.4. The quantitative estimate of drug-likeness (QED) is 0.0305. The number of hydrogen-bond donors (Lipinski definition) is 21. The molecule has 0 spiro atoms. The summed E-state index contributed by atoms with van der Waals surface area (Å²) in [6, 6.07) is 7.29. The van der Waals surface area contributed by atoms with Gasteiger partial charge in [0, 0.05) is 43.8 Å². The lowest BCUT2D eigenvalue weighted by Gasteiger charge is -2.31. The van der Waals surface area contributed by atoms with E-state index in [1.54, 1.807) is 84.9 Å². The fourth-order valence-corrected chi connectivity index (χ4v) is 17.0. The van der Waals surface area contributed by atoms with Crippen molar-refractivity contribution in [1.82, 2.24) is 84.7 Å². The van der Waals surface area contributed by atoms with Gasteiger partial charge >= 0.3 is 11.9 Å². The summed E-state index contributed by atoms with van der Waals surface area (Å²) in [5.41, 5.74) is 21.5. The van der Waals surface area contributed by atoms with Crippen LogP contribution in [0.5, 0.6) is 0 Å². The Morgan fingerprint density at radius 2 is 0.871 bits per heavy atom. The van der Waals surface area contributed by atoms with Gasteiger partial charge in [-0.25, -0.2) is 4.79 Å². The standard InChI is InChI=1S/C99H139N19O21S/c1-11-12-27-68-85(124)106-69(28-20-40-100)86(125)109-71(44-54(2)3)88(127)108-70(37-41-101)87(126)110-75(46-60-22-15-13-16-23-60)93(132)117-82(56(6)7)97(136)118-83(59(10)119)98(137)115-78(95(134)104-58(9)84(102)123)52-140-53-79(120)105-72(49-63-38-42-103-43-39-63)89(128)111-73(47-62-31-35-67(36-32-62)99(138)139)91(130)113-77(51-80(121)122)92(131)112-76(50-64-24-19-21-57(8)45-64)94(133)116-81(55(4)5)96(135)114-74(90(129)107-68)48-61-29-33-66(34-30-61)65-25-17-14-18-26-65/h14,17-19,21,24-26,29-36,38-39,42-43,45,54-56,58-60,68-78,81-83,119H,11-13,15-16,20,22-23,27-28,37,40-41,44,46-53,100-101H2,1-10H3,(H2,102,123)(H,104,134)(H,105,120)(H,106,124)(H,107,129)(H,108,127)(H,109,125)(H,110,126)(H,111,128)(H,112,131)(H,113,130)(H,114,135)(H,115,137)(H,116,133)(H,117,132)(H,118,136)(H,121,122)(H,138,139)/t58-,59+,68-,69-,70-,71+,72-,73-,74-,75-,76-,77-,78-,81-,82-,83-/m0/s1. The fraction of sp³-hybridized carbons (Fsp3) is 0.525. The van der Waals surface area contributed by atoms with Gasteiger partial charge in [-0.15, -0.1) is 11.8 Å². The number of nitrogens with two attached hydrogens (primary N) is 3. The smallest absolute Gasteiger partial charge is 0.335 e. The van der Waals surface area contributed by atoms with Gasteiger partial charge in [-0.2, -0.15) is 0 Å². The number of rotatable bonds is 30. The number of nitrogens with zero attached hydrogens (tertiary/aromatic N) is 1. The summed E-state index contributed by atoms with van der Waals surface area (Å²) in [5, 5.41) is 71.4. The van der Waals surface area contributed by atoms with E-state index in [0.717, 1.165) is 37.3 Å². The summed E-state index contributed by atoms with van der Waals surface area (Å²) in [6.45, 7) is 15.7. The van der Waals surface area contributed by atoms with E-state index >= 15 is 33.6 Å². The molecule has 0 bridgehead atoms. The molecule has 1 aliphatic carbocycles. The van der Waals surface area contributed by atoms with Crippen molar-refractivity contribution in [3.8, 4) is 11.1 Å². The Balaban J connectivity index is 1.34. The maximum atomic E-state index is 15.4. The third-order valence-electron chi connectivity index (χ3n) is 24.1. The van der Waals surface area contributed by atoms with Crippen LogP contribution in [-0.4, -0.2) is 248 Å². The number of aryl methyl sites for hydroxylation is 1. The molecule has 16 amide bonds. The molecular formula is C99H139N19O21S. The van der Waals surface area contributed by atoms with Gasteiger partial charge in [-0.05, 0) is 154 Å². The number of aliphatic hydroxyl groups is 1. The molecule has 40 nitrogen and oxygen atoms in total. The van der Waals surface area contributed by atoms with E-state index in [4.69, 9.17) is 17.2 Å². The fourth-order valence-electron chi connectivity index (χ4n) is 16.2. The molecule has 5 aromatic rings. The molecule has 1 saturated carbocycles. The second-order valence-electron chi connectivity index (χ2n) is 36.9. The van der Waals surface area contributed by atoms with E-state index in [9.17, 15) is 68.1 Å². The summed E-state index contributed by atoms with van der Waals surface area (Å²) in [6.07, 6.45) is 2.94. The first-order valence-electron chi connectivity index (χ1n) is 47.7. The zero-order valence-electron chi connectivity index (χ0n) is 81.0. The maximum Gasteiger partial charge on any atom is 0.335 e.